The number of primary amides is 1. The van der Waals surface area contributed by atoms with E-state index in [9.17, 15) is 14.7 Å². The lowest BCUT2D eigenvalue weighted by atomic mass is 9.91. The Bertz CT molecular complexity index is 722. The smallest absolute Gasteiger partial charge is 0.265 e. The van der Waals surface area contributed by atoms with Crippen molar-refractivity contribution >= 4 is 29.7 Å². The number of phenolic OH excluding ortho intramolecular Hbond substituents is 1. The van der Waals surface area contributed by atoms with Gasteiger partial charge in [0, 0.05) is 6.20 Å². The Labute approximate surface area is 152 Å². The monoisotopic (exact) mass is 360 g/mol. The molecule has 25 heavy (non-hydrogen) atoms. The molecule has 0 spiro atoms. The van der Waals surface area contributed by atoms with E-state index in [-0.39, 0.29) is 24.3 Å². The fourth-order valence-electron chi connectivity index (χ4n) is 2.64. The van der Waals surface area contributed by atoms with E-state index >= 15 is 0 Å². The van der Waals surface area contributed by atoms with E-state index in [1.54, 1.807) is 17.7 Å². The summed E-state index contributed by atoms with van der Waals surface area (Å²) in [6.45, 7) is 7.95. The molecule has 0 radical (unpaired) electrons. The number of aromatic hydroxyl groups is 1. The zero-order chi connectivity index (χ0) is 18.7. The maximum atomic E-state index is 12.5. The molecular weight excluding hydrogens is 336 g/mol. The molecule has 134 valence electrons. The molecule has 1 aliphatic heterocycles. The number of benzene rings is 1. The third-order valence-corrected chi connectivity index (χ3v) is 4.77. The van der Waals surface area contributed by atoms with Gasteiger partial charge in [-0.3, -0.25) is 9.59 Å². The van der Waals surface area contributed by atoms with E-state index in [0.717, 1.165) is 16.7 Å². The topological polar surface area (TPSA) is 83.6 Å². The van der Waals surface area contributed by atoms with Crippen LogP contribution in [0.15, 0.2) is 28.6 Å². The van der Waals surface area contributed by atoms with Crippen LogP contribution in [0.3, 0.4) is 0 Å². The van der Waals surface area contributed by atoms with Gasteiger partial charge in [0.05, 0.1) is 4.91 Å². The number of nitrogens with two attached hydrogens (primary N) is 1. The van der Waals surface area contributed by atoms with E-state index < -0.39 is 5.91 Å². The third-order valence-electron chi connectivity index (χ3n) is 3.97. The second kappa shape index (κ2) is 7.78. The summed E-state index contributed by atoms with van der Waals surface area (Å²) < 4.78 is 0. The average molecular weight is 360 g/mol. The van der Waals surface area contributed by atoms with Gasteiger partial charge in [0.2, 0.25) is 5.91 Å². The third kappa shape index (κ3) is 4.45. The zero-order valence-electron chi connectivity index (χ0n) is 14.9. The van der Waals surface area contributed by atoms with Gasteiger partial charge in [0.25, 0.3) is 5.91 Å². The van der Waals surface area contributed by atoms with Crippen LogP contribution >= 0.6 is 11.8 Å². The highest BCUT2D eigenvalue weighted by atomic mass is 32.2. The van der Waals surface area contributed by atoms with Crippen molar-refractivity contribution in [3.63, 3.8) is 0 Å². The lowest BCUT2D eigenvalue weighted by molar-refractivity contribution is -0.129. The molecule has 6 heteroatoms. The maximum absolute atomic E-state index is 12.5. The Balaban J connectivity index is 2.45. The summed E-state index contributed by atoms with van der Waals surface area (Å²) in [4.78, 5) is 25.4. The molecule has 0 unspecified atom stereocenters. The number of amides is 2. The molecule has 1 aliphatic rings. The summed E-state index contributed by atoms with van der Waals surface area (Å²) >= 11 is 1.30. The predicted molar refractivity (Wildman–Crippen MR) is 102 cm³/mol. The first-order chi connectivity index (χ1) is 11.7. The summed E-state index contributed by atoms with van der Waals surface area (Å²) in [5.74, 6) is -0.159. The largest absolute Gasteiger partial charge is 0.507 e. The fourth-order valence-corrected chi connectivity index (χ4v) is 3.42. The summed E-state index contributed by atoms with van der Waals surface area (Å²) in [6, 6.07) is 3.81. The lowest BCUT2D eigenvalue weighted by Crippen LogP contribution is -2.36. The van der Waals surface area contributed by atoms with Crippen LogP contribution in [-0.2, 0) is 9.59 Å². The second-order valence-corrected chi connectivity index (χ2v) is 7.62. The van der Waals surface area contributed by atoms with Crippen molar-refractivity contribution in [1.82, 2.24) is 4.90 Å². The van der Waals surface area contributed by atoms with E-state index in [2.05, 4.69) is 0 Å². The molecule has 0 saturated heterocycles. The van der Waals surface area contributed by atoms with Crippen molar-refractivity contribution in [3.8, 4) is 5.75 Å². The number of hydrogen-bond acceptors (Lipinski definition) is 4. The molecule has 0 atom stereocenters. The first-order valence-corrected chi connectivity index (χ1v) is 9.09. The van der Waals surface area contributed by atoms with Crippen LogP contribution in [-0.4, -0.2) is 28.4 Å². The van der Waals surface area contributed by atoms with Crippen LogP contribution in [0, 0.1) is 0 Å². The molecule has 1 heterocycles. The van der Waals surface area contributed by atoms with Crippen molar-refractivity contribution in [3.05, 3.63) is 45.3 Å². The van der Waals surface area contributed by atoms with Crippen LogP contribution in [0.25, 0.3) is 6.08 Å². The average Bonchev–Trinajstić information content (AvgIpc) is 2.51. The van der Waals surface area contributed by atoms with Gasteiger partial charge in [-0.2, -0.15) is 0 Å². The molecule has 1 aromatic carbocycles. The highest BCUT2D eigenvalue weighted by Crippen LogP contribution is 2.36. The molecular formula is C19H24N2O3S. The molecule has 0 fully saturated rings. The molecule has 1 aromatic rings. The van der Waals surface area contributed by atoms with Gasteiger partial charge in [-0.25, -0.2) is 0 Å². The number of thioether (sulfide) groups is 1. The van der Waals surface area contributed by atoms with E-state index in [4.69, 9.17) is 5.73 Å². The minimum absolute atomic E-state index is 0.142. The van der Waals surface area contributed by atoms with Crippen molar-refractivity contribution < 1.29 is 14.7 Å². The van der Waals surface area contributed by atoms with Crippen LogP contribution in [0.5, 0.6) is 5.75 Å². The Kier molecular flexibility index (Phi) is 5.95. The SMILES string of the molecule is CC(C)c1cc(C=C2SC=CN(CC(N)=O)C2=O)cc(C(C)C)c1O. The van der Waals surface area contributed by atoms with E-state index in [1.807, 2.05) is 39.8 Å². The molecule has 3 N–H and O–H groups in total. The number of hydrogen-bond donors (Lipinski definition) is 2. The molecule has 0 aliphatic carbocycles. The van der Waals surface area contributed by atoms with Gasteiger partial charge in [-0.1, -0.05) is 39.5 Å². The Hall–Kier alpha value is -2.21. The second-order valence-electron chi connectivity index (χ2n) is 6.67. The molecule has 2 rings (SSSR count). The number of carbonyl (C=O) groups excluding carboxylic acids is 2. The van der Waals surface area contributed by atoms with Crippen LogP contribution in [0.4, 0.5) is 0 Å². The summed E-state index contributed by atoms with van der Waals surface area (Å²) in [5.41, 5.74) is 7.76. The first-order valence-electron chi connectivity index (χ1n) is 8.21. The van der Waals surface area contributed by atoms with Crippen molar-refractivity contribution in [2.75, 3.05) is 6.54 Å². The van der Waals surface area contributed by atoms with Gasteiger partial charge in [0.1, 0.15) is 12.3 Å². The normalized spacial score (nSPS) is 16.3. The molecule has 0 aromatic heterocycles. The standard InChI is InChI=1S/C19H24N2O3S/c1-11(2)14-7-13(8-15(12(3)4)18(14)23)9-16-19(24)21(5-6-25-16)10-17(20)22/h5-9,11-12,23H,10H2,1-4H3,(H2,20,22). The van der Waals surface area contributed by atoms with Crippen molar-refractivity contribution in [2.45, 2.75) is 39.5 Å². The molecule has 0 bridgehead atoms. The van der Waals surface area contributed by atoms with Crippen LogP contribution in [0.1, 0.15) is 56.2 Å². The van der Waals surface area contributed by atoms with Gasteiger partial charge < -0.3 is 15.7 Å². The van der Waals surface area contributed by atoms with Crippen LogP contribution in [0.2, 0.25) is 0 Å². The Morgan fingerprint density at radius 3 is 2.28 bits per heavy atom. The maximum Gasteiger partial charge on any atom is 0.265 e. The van der Waals surface area contributed by atoms with Gasteiger partial charge >= 0.3 is 0 Å². The van der Waals surface area contributed by atoms with Gasteiger partial charge in [-0.15, -0.1) is 0 Å². The Morgan fingerprint density at radius 2 is 1.80 bits per heavy atom. The molecule has 0 saturated carbocycles. The number of nitrogens with zero attached hydrogens (tertiary/aromatic N) is 1. The number of phenols is 1. The molecule has 5 nitrogen and oxygen atoms in total. The highest BCUT2D eigenvalue weighted by molar-refractivity contribution is 8.06. The van der Waals surface area contributed by atoms with Crippen molar-refractivity contribution in [1.29, 1.82) is 0 Å². The fraction of sp³-hybridized carbons (Fsp3) is 0.368. The lowest BCUT2D eigenvalue weighted by Gasteiger charge is -2.22. The summed E-state index contributed by atoms with van der Waals surface area (Å²) in [5, 5.41) is 12.2. The summed E-state index contributed by atoms with van der Waals surface area (Å²) in [6.07, 6.45) is 3.35. The van der Waals surface area contributed by atoms with E-state index in [1.165, 1.54) is 16.7 Å². The predicted octanol–water partition coefficient (Wildman–Crippen LogP) is 3.51. The Morgan fingerprint density at radius 1 is 1.24 bits per heavy atom. The highest BCUT2D eigenvalue weighted by Gasteiger charge is 2.22. The first kappa shape index (κ1) is 19.1. The van der Waals surface area contributed by atoms with Gasteiger partial charge in [0.15, 0.2) is 0 Å². The zero-order valence-corrected chi connectivity index (χ0v) is 15.8. The van der Waals surface area contributed by atoms with Crippen molar-refractivity contribution in [2.24, 2.45) is 5.73 Å². The quantitative estimate of drug-likeness (QED) is 0.787. The molecule has 2 amide bonds. The number of rotatable bonds is 5. The number of carbonyl (C=O) groups is 2. The van der Waals surface area contributed by atoms with E-state index in [0.29, 0.717) is 10.7 Å². The minimum atomic E-state index is -0.557. The van der Waals surface area contributed by atoms with Crippen LogP contribution < -0.4 is 5.73 Å². The van der Waals surface area contributed by atoms with Gasteiger partial charge in [-0.05, 0) is 52.1 Å². The minimum Gasteiger partial charge on any atom is -0.507 e. The summed E-state index contributed by atoms with van der Waals surface area (Å²) in [7, 11) is 0.